The standard InChI is InChI=1S/C9H18N2O2/c1-7-6-11(2)5-4-8(7)10-9(12)13-3/h7-8H,4-6H2,1-3H3,(H,10,12). The average Bonchev–Trinajstić information content (AvgIpc) is 2.09. The van der Waals surface area contributed by atoms with Crippen LogP contribution in [0.4, 0.5) is 4.79 Å². The number of piperidine rings is 1. The van der Waals surface area contributed by atoms with Crippen molar-refractivity contribution in [3.63, 3.8) is 0 Å². The van der Waals surface area contributed by atoms with E-state index in [9.17, 15) is 4.79 Å². The lowest BCUT2D eigenvalue weighted by atomic mass is 9.94. The molecule has 4 nitrogen and oxygen atoms in total. The first-order valence-corrected chi connectivity index (χ1v) is 4.66. The van der Waals surface area contributed by atoms with E-state index in [1.807, 2.05) is 0 Å². The van der Waals surface area contributed by atoms with Crippen LogP contribution in [0.5, 0.6) is 0 Å². The minimum atomic E-state index is -0.318. The van der Waals surface area contributed by atoms with Crippen molar-refractivity contribution in [3.05, 3.63) is 0 Å². The van der Waals surface area contributed by atoms with Crippen LogP contribution in [0.1, 0.15) is 13.3 Å². The second kappa shape index (κ2) is 4.46. The number of hydrogen-bond acceptors (Lipinski definition) is 3. The van der Waals surface area contributed by atoms with Gasteiger partial charge in [0.05, 0.1) is 7.11 Å². The zero-order valence-corrected chi connectivity index (χ0v) is 8.54. The van der Waals surface area contributed by atoms with Crippen molar-refractivity contribution in [2.45, 2.75) is 19.4 Å². The van der Waals surface area contributed by atoms with Gasteiger partial charge in [-0.25, -0.2) is 4.79 Å². The summed E-state index contributed by atoms with van der Waals surface area (Å²) in [6.45, 7) is 4.23. The maximum absolute atomic E-state index is 11.0. The lowest BCUT2D eigenvalue weighted by Gasteiger charge is -2.34. The number of carbonyl (C=O) groups is 1. The quantitative estimate of drug-likeness (QED) is 0.655. The Bertz CT molecular complexity index is 184. The van der Waals surface area contributed by atoms with Crippen molar-refractivity contribution in [3.8, 4) is 0 Å². The summed E-state index contributed by atoms with van der Waals surface area (Å²) in [5, 5.41) is 2.85. The fraction of sp³-hybridized carbons (Fsp3) is 0.889. The monoisotopic (exact) mass is 186 g/mol. The number of likely N-dealkylation sites (tertiary alicyclic amines) is 1. The van der Waals surface area contributed by atoms with E-state index >= 15 is 0 Å². The minimum absolute atomic E-state index is 0.267. The molecule has 0 aromatic carbocycles. The third-order valence-corrected chi connectivity index (χ3v) is 2.60. The van der Waals surface area contributed by atoms with Gasteiger partial charge in [0, 0.05) is 12.6 Å². The average molecular weight is 186 g/mol. The van der Waals surface area contributed by atoms with Crippen molar-refractivity contribution < 1.29 is 9.53 Å². The molecular formula is C9H18N2O2. The molecule has 0 aromatic rings. The lowest BCUT2D eigenvalue weighted by Crippen LogP contribution is -2.48. The van der Waals surface area contributed by atoms with E-state index in [0.717, 1.165) is 19.5 Å². The number of amides is 1. The van der Waals surface area contributed by atoms with Gasteiger partial charge in [0.15, 0.2) is 0 Å². The summed E-state index contributed by atoms with van der Waals surface area (Å²) in [5.41, 5.74) is 0. The molecule has 2 atom stereocenters. The van der Waals surface area contributed by atoms with Gasteiger partial charge in [0.1, 0.15) is 0 Å². The summed E-state index contributed by atoms with van der Waals surface area (Å²) in [6, 6.07) is 0.267. The molecule has 76 valence electrons. The van der Waals surface area contributed by atoms with Gasteiger partial charge in [0.25, 0.3) is 0 Å². The third kappa shape index (κ3) is 2.88. The molecule has 0 saturated carbocycles. The molecule has 0 radical (unpaired) electrons. The van der Waals surface area contributed by atoms with Crippen molar-refractivity contribution in [2.24, 2.45) is 5.92 Å². The van der Waals surface area contributed by atoms with E-state index in [-0.39, 0.29) is 12.1 Å². The number of methoxy groups -OCH3 is 1. The Morgan fingerprint density at radius 3 is 2.85 bits per heavy atom. The predicted molar refractivity (Wildman–Crippen MR) is 50.6 cm³/mol. The molecule has 1 aliphatic heterocycles. The summed E-state index contributed by atoms with van der Waals surface area (Å²) in [7, 11) is 3.50. The minimum Gasteiger partial charge on any atom is -0.453 e. The van der Waals surface area contributed by atoms with E-state index in [0.29, 0.717) is 5.92 Å². The van der Waals surface area contributed by atoms with Crippen LogP contribution in [-0.2, 0) is 4.74 Å². The zero-order chi connectivity index (χ0) is 9.84. The Morgan fingerprint density at radius 1 is 1.62 bits per heavy atom. The number of hydrogen-bond donors (Lipinski definition) is 1. The summed E-state index contributed by atoms with van der Waals surface area (Å²) in [4.78, 5) is 13.2. The number of nitrogens with one attached hydrogen (secondary N) is 1. The number of rotatable bonds is 1. The molecule has 0 aromatic heterocycles. The topological polar surface area (TPSA) is 41.6 Å². The molecule has 4 heteroatoms. The first-order chi connectivity index (χ1) is 6.13. The van der Waals surface area contributed by atoms with Gasteiger partial charge >= 0.3 is 6.09 Å². The van der Waals surface area contributed by atoms with Gasteiger partial charge in [-0.2, -0.15) is 0 Å². The SMILES string of the molecule is COC(=O)NC1CCN(C)CC1C. The number of ether oxygens (including phenoxy) is 1. The zero-order valence-electron chi connectivity index (χ0n) is 8.54. The van der Waals surface area contributed by atoms with Crippen molar-refractivity contribution in [2.75, 3.05) is 27.2 Å². The van der Waals surface area contributed by atoms with Crippen molar-refractivity contribution in [1.82, 2.24) is 10.2 Å². The molecule has 1 aliphatic rings. The fourth-order valence-electron chi connectivity index (χ4n) is 1.78. The molecule has 1 saturated heterocycles. The Kier molecular flexibility index (Phi) is 3.54. The Morgan fingerprint density at radius 2 is 2.31 bits per heavy atom. The molecule has 1 N–H and O–H groups in total. The molecule has 0 bridgehead atoms. The van der Waals surface area contributed by atoms with Gasteiger partial charge in [-0.15, -0.1) is 0 Å². The largest absolute Gasteiger partial charge is 0.453 e. The molecule has 1 heterocycles. The Hall–Kier alpha value is -0.770. The van der Waals surface area contributed by atoms with E-state index < -0.39 is 0 Å². The highest BCUT2D eigenvalue weighted by molar-refractivity contribution is 5.67. The summed E-state index contributed by atoms with van der Waals surface area (Å²) in [6.07, 6.45) is 0.689. The van der Waals surface area contributed by atoms with Crippen LogP contribution in [-0.4, -0.2) is 44.3 Å². The molecule has 0 aliphatic carbocycles. The Labute approximate surface area is 79.2 Å². The van der Waals surface area contributed by atoms with Gasteiger partial charge in [-0.3, -0.25) is 0 Å². The van der Waals surface area contributed by atoms with Crippen LogP contribution in [0.2, 0.25) is 0 Å². The molecule has 1 rings (SSSR count). The van der Waals surface area contributed by atoms with Crippen LogP contribution >= 0.6 is 0 Å². The first kappa shape index (κ1) is 10.3. The number of carbonyl (C=O) groups excluding carboxylic acids is 1. The molecule has 1 fully saturated rings. The molecule has 13 heavy (non-hydrogen) atoms. The van der Waals surface area contributed by atoms with E-state index in [4.69, 9.17) is 0 Å². The van der Waals surface area contributed by atoms with Crippen molar-refractivity contribution >= 4 is 6.09 Å². The smallest absolute Gasteiger partial charge is 0.407 e. The van der Waals surface area contributed by atoms with E-state index in [2.05, 4.69) is 28.9 Å². The Balaban J connectivity index is 2.38. The fourth-order valence-corrected chi connectivity index (χ4v) is 1.78. The maximum Gasteiger partial charge on any atom is 0.407 e. The van der Waals surface area contributed by atoms with Gasteiger partial charge in [0.2, 0.25) is 0 Å². The van der Waals surface area contributed by atoms with Gasteiger partial charge in [-0.05, 0) is 25.9 Å². The lowest BCUT2D eigenvalue weighted by molar-refractivity contribution is 0.139. The van der Waals surface area contributed by atoms with E-state index in [1.165, 1.54) is 7.11 Å². The second-order valence-electron chi connectivity index (χ2n) is 3.77. The van der Waals surface area contributed by atoms with Crippen molar-refractivity contribution in [1.29, 1.82) is 0 Å². The highest BCUT2D eigenvalue weighted by atomic mass is 16.5. The maximum atomic E-state index is 11.0. The highest BCUT2D eigenvalue weighted by Gasteiger charge is 2.25. The highest BCUT2D eigenvalue weighted by Crippen LogP contribution is 2.15. The summed E-state index contributed by atoms with van der Waals surface area (Å²) in [5.74, 6) is 0.498. The number of alkyl carbamates (subject to hydrolysis) is 1. The normalized spacial score (nSPS) is 29.8. The van der Waals surface area contributed by atoms with Crippen LogP contribution < -0.4 is 5.32 Å². The van der Waals surface area contributed by atoms with Crippen LogP contribution in [0.25, 0.3) is 0 Å². The molecule has 2 unspecified atom stereocenters. The molecular weight excluding hydrogens is 168 g/mol. The molecule has 0 spiro atoms. The van der Waals surface area contributed by atoms with E-state index in [1.54, 1.807) is 0 Å². The van der Waals surface area contributed by atoms with Gasteiger partial charge in [-0.1, -0.05) is 6.92 Å². The molecule has 1 amide bonds. The van der Waals surface area contributed by atoms with Crippen LogP contribution in [0, 0.1) is 5.92 Å². The summed E-state index contributed by atoms with van der Waals surface area (Å²) >= 11 is 0. The predicted octanol–water partition coefficient (Wildman–Crippen LogP) is 0.683. The summed E-state index contributed by atoms with van der Waals surface area (Å²) < 4.78 is 4.56. The van der Waals surface area contributed by atoms with Crippen LogP contribution in [0.3, 0.4) is 0 Å². The third-order valence-electron chi connectivity index (χ3n) is 2.60. The van der Waals surface area contributed by atoms with Crippen LogP contribution in [0.15, 0.2) is 0 Å². The second-order valence-corrected chi connectivity index (χ2v) is 3.77. The van der Waals surface area contributed by atoms with Gasteiger partial charge < -0.3 is 15.0 Å². The first-order valence-electron chi connectivity index (χ1n) is 4.66. The number of nitrogens with zero attached hydrogens (tertiary/aromatic N) is 1.